The molecule has 7 nitrogen and oxygen atoms in total. The average molecular weight is 285 g/mol. The topological polar surface area (TPSA) is 103 Å². The van der Waals surface area contributed by atoms with Gasteiger partial charge in [-0.1, -0.05) is 6.07 Å². The van der Waals surface area contributed by atoms with E-state index in [-0.39, 0.29) is 25.4 Å². The Bertz CT molecular complexity index is 587. The van der Waals surface area contributed by atoms with Gasteiger partial charge in [-0.05, 0) is 6.07 Å². The number of primary sulfonamides is 1. The first-order chi connectivity index (χ1) is 8.91. The van der Waals surface area contributed by atoms with Crippen LogP contribution in [0.25, 0.3) is 0 Å². The fourth-order valence-electron chi connectivity index (χ4n) is 2.04. The van der Waals surface area contributed by atoms with E-state index in [9.17, 15) is 13.2 Å². The van der Waals surface area contributed by atoms with Gasteiger partial charge in [0.05, 0.1) is 13.7 Å². The number of sulfonamides is 1. The summed E-state index contributed by atoms with van der Waals surface area (Å²) in [5.74, 6) is 0.194. The lowest BCUT2D eigenvalue weighted by Crippen LogP contribution is -2.32. The third-order valence-electron chi connectivity index (χ3n) is 3.05. The molecule has 2 rings (SSSR count). The second-order valence-corrected chi connectivity index (χ2v) is 6.21. The minimum atomic E-state index is -3.69. The van der Waals surface area contributed by atoms with E-state index in [2.05, 4.69) is 4.98 Å². The highest BCUT2D eigenvalue weighted by atomic mass is 32.2. The number of rotatable bonds is 4. The van der Waals surface area contributed by atoms with Crippen LogP contribution in [-0.4, -0.2) is 43.1 Å². The minimum absolute atomic E-state index is 0.0680. The summed E-state index contributed by atoms with van der Waals surface area (Å²) in [5.41, 5.74) is 0.730. The van der Waals surface area contributed by atoms with Gasteiger partial charge >= 0.3 is 0 Å². The number of likely N-dealkylation sites (tertiary alicyclic amines) is 1. The van der Waals surface area contributed by atoms with Crippen LogP contribution < -0.4 is 9.88 Å². The number of carbonyl (C=O) groups excluding carboxylic acids is 1. The van der Waals surface area contributed by atoms with Crippen molar-refractivity contribution < 1.29 is 17.9 Å². The molecule has 1 unspecified atom stereocenters. The minimum Gasteiger partial charge on any atom is -0.481 e. The van der Waals surface area contributed by atoms with E-state index in [1.807, 2.05) is 0 Å². The zero-order chi connectivity index (χ0) is 14.0. The summed E-state index contributed by atoms with van der Waals surface area (Å²) < 4.78 is 27.6. The fourth-order valence-corrected chi connectivity index (χ4v) is 2.81. The largest absolute Gasteiger partial charge is 0.481 e. The summed E-state index contributed by atoms with van der Waals surface area (Å²) in [7, 11) is -2.19. The molecule has 0 saturated carbocycles. The zero-order valence-corrected chi connectivity index (χ0v) is 11.3. The van der Waals surface area contributed by atoms with Crippen molar-refractivity contribution in [1.82, 2.24) is 9.88 Å². The molecule has 2 N–H and O–H groups in total. The molecule has 1 amide bonds. The van der Waals surface area contributed by atoms with Crippen LogP contribution in [0.1, 0.15) is 12.0 Å². The molecule has 8 heteroatoms. The number of ether oxygens (including phenoxy) is 1. The smallest absolute Gasteiger partial charge is 0.224 e. The number of nitrogens with two attached hydrogens (primary N) is 1. The zero-order valence-electron chi connectivity index (χ0n) is 10.4. The lowest BCUT2D eigenvalue weighted by atomic mass is 10.2. The number of methoxy groups -OCH3 is 1. The van der Waals surface area contributed by atoms with E-state index in [0.717, 1.165) is 5.56 Å². The quantitative estimate of drug-likeness (QED) is 0.802. The number of nitrogens with zero attached hydrogens (tertiary/aromatic N) is 2. The van der Waals surface area contributed by atoms with Crippen LogP contribution in [-0.2, 0) is 21.4 Å². The molecule has 0 spiro atoms. The van der Waals surface area contributed by atoms with E-state index >= 15 is 0 Å². The summed E-state index contributed by atoms with van der Waals surface area (Å²) in [6.07, 6.45) is 1.52. The van der Waals surface area contributed by atoms with Crippen molar-refractivity contribution in [2.45, 2.75) is 18.2 Å². The van der Waals surface area contributed by atoms with Crippen molar-refractivity contribution in [3.05, 3.63) is 23.9 Å². The summed E-state index contributed by atoms with van der Waals surface area (Å²) in [6.45, 7) is 0.373. The lowest BCUT2D eigenvalue weighted by Gasteiger charge is -2.17. The van der Waals surface area contributed by atoms with Crippen molar-refractivity contribution >= 4 is 15.9 Å². The molecule has 19 heavy (non-hydrogen) atoms. The number of hydrogen-bond acceptors (Lipinski definition) is 5. The molecule has 1 aromatic rings. The first kappa shape index (κ1) is 13.8. The second kappa shape index (κ2) is 5.14. The van der Waals surface area contributed by atoms with E-state index < -0.39 is 15.3 Å². The van der Waals surface area contributed by atoms with Crippen molar-refractivity contribution in [2.24, 2.45) is 5.14 Å². The van der Waals surface area contributed by atoms with Crippen LogP contribution in [0.4, 0.5) is 0 Å². The van der Waals surface area contributed by atoms with Crippen molar-refractivity contribution in [1.29, 1.82) is 0 Å². The highest BCUT2D eigenvalue weighted by molar-refractivity contribution is 7.89. The highest BCUT2D eigenvalue weighted by Crippen LogP contribution is 2.22. The second-order valence-electron chi connectivity index (χ2n) is 4.36. The average Bonchev–Trinajstić information content (AvgIpc) is 2.72. The van der Waals surface area contributed by atoms with Crippen LogP contribution in [0.3, 0.4) is 0 Å². The predicted molar refractivity (Wildman–Crippen MR) is 67.7 cm³/mol. The molecule has 0 radical (unpaired) electrons. The van der Waals surface area contributed by atoms with Gasteiger partial charge in [-0.25, -0.2) is 18.5 Å². The Hall–Kier alpha value is -1.67. The van der Waals surface area contributed by atoms with Gasteiger partial charge in [0.2, 0.25) is 21.8 Å². The van der Waals surface area contributed by atoms with Gasteiger partial charge in [0.15, 0.2) is 0 Å². The maximum atomic E-state index is 11.8. The van der Waals surface area contributed by atoms with Crippen molar-refractivity contribution in [2.75, 3.05) is 13.7 Å². The highest BCUT2D eigenvalue weighted by Gasteiger charge is 2.36. The molecule has 0 bridgehead atoms. The molecule has 0 aliphatic carbocycles. The van der Waals surface area contributed by atoms with Crippen molar-refractivity contribution in [3.8, 4) is 5.88 Å². The SMILES string of the molecule is COc1ncccc1CN1CC(S(N)(=O)=O)CC1=O. The van der Waals surface area contributed by atoms with Gasteiger partial charge in [0.25, 0.3) is 0 Å². The maximum Gasteiger partial charge on any atom is 0.224 e. The van der Waals surface area contributed by atoms with Crippen LogP contribution in [0.2, 0.25) is 0 Å². The normalized spacial score (nSPS) is 19.8. The van der Waals surface area contributed by atoms with Gasteiger partial charge in [-0.2, -0.15) is 0 Å². The van der Waals surface area contributed by atoms with Crippen LogP contribution >= 0.6 is 0 Å². The first-order valence-electron chi connectivity index (χ1n) is 5.69. The Balaban J connectivity index is 2.14. The summed E-state index contributed by atoms with van der Waals surface area (Å²) >= 11 is 0. The molecular weight excluding hydrogens is 270 g/mol. The van der Waals surface area contributed by atoms with Crippen molar-refractivity contribution in [3.63, 3.8) is 0 Å². The van der Waals surface area contributed by atoms with Gasteiger partial charge < -0.3 is 9.64 Å². The van der Waals surface area contributed by atoms with E-state index in [0.29, 0.717) is 5.88 Å². The van der Waals surface area contributed by atoms with Gasteiger partial charge in [0.1, 0.15) is 5.25 Å². The van der Waals surface area contributed by atoms with Crippen LogP contribution in [0.15, 0.2) is 18.3 Å². The first-order valence-corrected chi connectivity index (χ1v) is 7.30. The molecule has 2 heterocycles. The number of pyridine rings is 1. The monoisotopic (exact) mass is 285 g/mol. The molecule has 1 aliphatic heterocycles. The third kappa shape index (κ3) is 3.02. The standard InChI is InChI=1S/C11H15N3O4S/c1-18-11-8(3-2-4-13-11)6-14-7-9(5-10(14)15)19(12,16)17/h2-4,9H,5-7H2,1H3,(H2,12,16,17). The fraction of sp³-hybridized carbons (Fsp3) is 0.455. The maximum absolute atomic E-state index is 11.8. The molecular formula is C11H15N3O4S. The van der Waals surface area contributed by atoms with Gasteiger partial charge in [-0.15, -0.1) is 0 Å². The molecule has 0 aromatic carbocycles. The third-order valence-corrected chi connectivity index (χ3v) is 4.29. The molecule has 1 fully saturated rings. The summed E-state index contributed by atoms with van der Waals surface area (Å²) in [4.78, 5) is 17.3. The van der Waals surface area contributed by atoms with E-state index in [1.54, 1.807) is 18.3 Å². The Morgan fingerprint density at radius 3 is 2.89 bits per heavy atom. The number of carbonyl (C=O) groups is 1. The predicted octanol–water partition coefficient (Wildman–Crippen LogP) is -0.520. The lowest BCUT2D eigenvalue weighted by molar-refractivity contribution is -0.128. The number of aromatic nitrogens is 1. The summed E-state index contributed by atoms with van der Waals surface area (Å²) in [5, 5.41) is 4.24. The Kier molecular flexibility index (Phi) is 3.72. The van der Waals surface area contributed by atoms with E-state index in [1.165, 1.54) is 12.0 Å². The van der Waals surface area contributed by atoms with E-state index in [4.69, 9.17) is 9.88 Å². The van der Waals surface area contributed by atoms with Crippen LogP contribution in [0.5, 0.6) is 5.88 Å². The number of hydrogen-bond donors (Lipinski definition) is 1. The number of amides is 1. The van der Waals surface area contributed by atoms with Gasteiger partial charge in [0, 0.05) is 24.7 Å². The molecule has 104 valence electrons. The summed E-state index contributed by atoms with van der Waals surface area (Å²) in [6, 6.07) is 3.51. The molecule has 1 aromatic heterocycles. The van der Waals surface area contributed by atoms with Crippen LogP contribution in [0, 0.1) is 0 Å². The molecule has 1 aliphatic rings. The Morgan fingerprint density at radius 2 is 2.32 bits per heavy atom. The molecule has 1 atom stereocenters. The van der Waals surface area contributed by atoms with Gasteiger partial charge in [-0.3, -0.25) is 4.79 Å². The Morgan fingerprint density at radius 1 is 1.58 bits per heavy atom. The molecule has 1 saturated heterocycles. The Labute approximate surface area is 111 Å².